The molecule has 0 fully saturated rings. The molecule has 0 atom stereocenters. The first-order chi connectivity index (χ1) is 7.63. The summed E-state index contributed by atoms with van der Waals surface area (Å²) in [5, 5.41) is 0. The number of hydrogen-bond acceptors (Lipinski definition) is 4. The summed E-state index contributed by atoms with van der Waals surface area (Å²) in [5.41, 5.74) is 2.22. The molecule has 16 heavy (non-hydrogen) atoms. The van der Waals surface area contributed by atoms with Crippen LogP contribution in [0.25, 0.3) is 0 Å². The van der Waals surface area contributed by atoms with Crippen LogP contribution in [-0.4, -0.2) is 36.6 Å². The van der Waals surface area contributed by atoms with Gasteiger partial charge in [-0.25, -0.2) is 0 Å². The number of carbonyl (C=O) groups excluding carboxylic acids is 1. The number of methoxy groups -OCH3 is 1. The van der Waals surface area contributed by atoms with E-state index in [2.05, 4.69) is 14.6 Å². The van der Waals surface area contributed by atoms with Gasteiger partial charge in [0.15, 0.2) is 0 Å². The highest BCUT2D eigenvalue weighted by atomic mass is 16.5. The molecule has 0 N–H and O–H groups in total. The van der Waals surface area contributed by atoms with Crippen molar-refractivity contribution in [2.24, 2.45) is 0 Å². The van der Waals surface area contributed by atoms with Gasteiger partial charge in [0.2, 0.25) is 0 Å². The second kappa shape index (κ2) is 6.23. The highest BCUT2D eigenvalue weighted by molar-refractivity contribution is 5.69. The molecule has 1 heterocycles. The summed E-state index contributed by atoms with van der Waals surface area (Å²) in [6.07, 6.45) is 2.20. The molecule has 4 nitrogen and oxygen atoms in total. The molecule has 0 saturated carbocycles. The number of ether oxygens (including phenoxy) is 1. The number of aromatic nitrogens is 1. The zero-order valence-electron chi connectivity index (χ0n) is 10.1. The molecule has 0 unspecified atom stereocenters. The predicted molar refractivity (Wildman–Crippen MR) is 61.9 cm³/mol. The zero-order valence-corrected chi connectivity index (χ0v) is 10.1. The summed E-state index contributed by atoms with van der Waals surface area (Å²) in [4.78, 5) is 17.3. The second-order valence-corrected chi connectivity index (χ2v) is 3.83. The summed E-state index contributed by atoms with van der Waals surface area (Å²) in [5.74, 6) is -0.176. The lowest BCUT2D eigenvalue weighted by Crippen LogP contribution is -2.22. The highest BCUT2D eigenvalue weighted by Crippen LogP contribution is 2.06. The number of aryl methyl sites for hydroxylation is 1. The average molecular weight is 222 g/mol. The molecule has 0 aromatic carbocycles. The number of pyridine rings is 1. The van der Waals surface area contributed by atoms with Crippen molar-refractivity contribution in [3.63, 3.8) is 0 Å². The minimum atomic E-state index is -0.176. The van der Waals surface area contributed by atoms with E-state index in [4.69, 9.17) is 0 Å². The van der Waals surface area contributed by atoms with E-state index in [1.807, 2.05) is 26.1 Å². The number of carbonyl (C=O) groups is 1. The van der Waals surface area contributed by atoms with Crippen LogP contribution in [0.4, 0.5) is 0 Å². The Bertz CT molecular complexity index is 353. The average Bonchev–Trinajstić information content (AvgIpc) is 2.29. The third kappa shape index (κ3) is 3.98. The lowest BCUT2D eigenvalue weighted by Gasteiger charge is -2.16. The Balaban J connectivity index is 2.43. The summed E-state index contributed by atoms with van der Waals surface area (Å²) < 4.78 is 4.59. The molecule has 0 radical (unpaired) electrons. The van der Waals surface area contributed by atoms with Gasteiger partial charge in [0.05, 0.1) is 19.2 Å². The second-order valence-electron chi connectivity index (χ2n) is 3.83. The lowest BCUT2D eigenvalue weighted by molar-refractivity contribution is -0.140. The van der Waals surface area contributed by atoms with Crippen molar-refractivity contribution >= 4 is 5.97 Å². The fraction of sp³-hybridized carbons (Fsp3) is 0.500. The van der Waals surface area contributed by atoms with E-state index in [0.717, 1.165) is 12.2 Å². The summed E-state index contributed by atoms with van der Waals surface area (Å²) in [6.45, 7) is 3.48. The topological polar surface area (TPSA) is 42.4 Å². The van der Waals surface area contributed by atoms with Crippen LogP contribution in [0.2, 0.25) is 0 Å². The molecule has 0 spiro atoms. The Labute approximate surface area is 96.2 Å². The number of esters is 1. The molecule has 0 amide bonds. The molecule has 1 aromatic rings. The van der Waals surface area contributed by atoms with E-state index in [-0.39, 0.29) is 5.97 Å². The van der Waals surface area contributed by atoms with Gasteiger partial charge in [-0.2, -0.15) is 0 Å². The molecule has 1 aromatic heterocycles. The number of nitrogens with zero attached hydrogens (tertiary/aromatic N) is 2. The predicted octanol–water partition coefficient (Wildman–Crippen LogP) is 1.38. The van der Waals surface area contributed by atoms with Crippen molar-refractivity contribution in [3.05, 3.63) is 29.6 Å². The van der Waals surface area contributed by atoms with Crippen LogP contribution < -0.4 is 0 Å². The summed E-state index contributed by atoms with van der Waals surface area (Å²) >= 11 is 0. The van der Waals surface area contributed by atoms with Crippen LogP contribution in [0, 0.1) is 6.92 Å². The normalized spacial score (nSPS) is 10.5. The van der Waals surface area contributed by atoms with Crippen LogP contribution >= 0.6 is 0 Å². The van der Waals surface area contributed by atoms with Gasteiger partial charge in [-0.05, 0) is 25.6 Å². The first kappa shape index (κ1) is 12.6. The molecule has 0 aliphatic rings. The Hall–Kier alpha value is -1.42. The van der Waals surface area contributed by atoms with E-state index < -0.39 is 0 Å². The van der Waals surface area contributed by atoms with Crippen LogP contribution in [0.1, 0.15) is 17.7 Å². The van der Waals surface area contributed by atoms with Gasteiger partial charge in [0.1, 0.15) is 0 Å². The third-order valence-electron chi connectivity index (χ3n) is 2.46. The van der Waals surface area contributed by atoms with E-state index >= 15 is 0 Å². The van der Waals surface area contributed by atoms with Crippen molar-refractivity contribution in [1.82, 2.24) is 9.88 Å². The molecule has 88 valence electrons. The fourth-order valence-corrected chi connectivity index (χ4v) is 1.40. The van der Waals surface area contributed by atoms with Crippen LogP contribution in [0.15, 0.2) is 18.3 Å². The smallest absolute Gasteiger partial charge is 0.306 e. The van der Waals surface area contributed by atoms with Crippen molar-refractivity contribution in [2.45, 2.75) is 19.9 Å². The number of rotatable bonds is 5. The maximum atomic E-state index is 11.0. The molecule has 0 saturated heterocycles. The molecule has 4 heteroatoms. The summed E-state index contributed by atoms with van der Waals surface area (Å²) in [6, 6.07) is 3.96. The quantitative estimate of drug-likeness (QED) is 0.706. The standard InChI is InChI=1S/C12H18N2O2/c1-10-5-4-7-13-11(10)9-14(2)8-6-12(15)16-3/h4-5,7H,6,8-9H2,1-3H3. The largest absolute Gasteiger partial charge is 0.469 e. The van der Waals surface area contributed by atoms with Crippen molar-refractivity contribution in [3.8, 4) is 0 Å². The van der Waals surface area contributed by atoms with Crippen LogP contribution in [-0.2, 0) is 16.1 Å². The zero-order chi connectivity index (χ0) is 12.0. The third-order valence-corrected chi connectivity index (χ3v) is 2.46. The van der Waals surface area contributed by atoms with Crippen molar-refractivity contribution < 1.29 is 9.53 Å². The van der Waals surface area contributed by atoms with Crippen molar-refractivity contribution in [2.75, 3.05) is 20.7 Å². The molecule has 0 bridgehead atoms. The van der Waals surface area contributed by atoms with Gasteiger partial charge < -0.3 is 4.74 Å². The first-order valence-electron chi connectivity index (χ1n) is 5.29. The minimum absolute atomic E-state index is 0.176. The van der Waals surface area contributed by atoms with Crippen molar-refractivity contribution in [1.29, 1.82) is 0 Å². The monoisotopic (exact) mass is 222 g/mol. The lowest BCUT2D eigenvalue weighted by atomic mass is 10.2. The summed E-state index contributed by atoms with van der Waals surface area (Å²) in [7, 11) is 3.38. The van der Waals surface area contributed by atoms with Gasteiger partial charge in [-0.15, -0.1) is 0 Å². The molecule has 1 rings (SSSR count). The highest BCUT2D eigenvalue weighted by Gasteiger charge is 2.06. The van der Waals surface area contributed by atoms with Gasteiger partial charge in [-0.1, -0.05) is 6.07 Å². The van der Waals surface area contributed by atoms with Gasteiger partial charge >= 0.3 is 5.97 Å². The van der Waals surface area contributed by atoms with E-state index in [1.165, 1.54) is 12.7 Å². The van der Waals surface area contributed by atoms with Gasteiger partial charge in [0.25, 0.3) is 0 Å². The Morgan fingerprint density at radius 3 is 2.94 bits per heavy atom. The molecular formula is C12H18N2O2. The molecule has 0 aliphatic carbocycles. The first-order valence-corrected chi connectivity index (χ1v) is 5.29. The SMILES string of the molecule is COC(=O)CCN(C)Cc1ncccc1C. The Morgan fingerprint density at radius 1 is 1.56 bits per heavy atom. The maximum absolute atomic E-state index is 11.0. The van der Waals surface area contributed by atoms with Gasteiger partial charge in [-0.3, -0.25) is 14.7 Å². The maximum Gasteiger partial charge on any atom is 0.306 e. The van der Waals surface area contributed by atoms with Crippen LogP contribution in [0.5, 0.6) is 0 Å². The Kier molecular flexibility index (Phi) is 4.92. The fourth-order valence-electron chi connectivity index (χ4n) is 1.40. The van der Waals surface area contributed by atoms with Gasteiger partial charge in [0, 0.05) is 19.3 Å². The molecular weight excluding hydrogens is 204 g/mol. The molecule has 0 aliphatic heterocycles. The van der Waals surface area contributed by atoms with E-state index in [9.17, 15) is 4.79 Å². The number of hydrogen-bond donors (Lipinski definition) is 0. The Morgan fingerprint density at radius 2 is 2.31 bits per heavy atom. The van der Waals surface area contributed by atoms with E-state index in [1.54, 1.807) is 6.20 Å². The minimum Gasteiger partial charge on any atom is -0.469 e. The van der Waals surface area contributed by atoms with E-state index in [0.29, 0.717) is 13.0 Å². The van der Waals surface area contributed by atoms with Crippen LogP contribution in [0.3, 0.4) is 0 Å².